The lowest BCUT2D eigenvalue weighted by Crippen LogP contribution is -2.24. The molecule has 0 unspecified atom stereocenters. The van der Waals surface area contributed by atoms with Gasteiger partial charge in [-0.3, -0.25) is 14.5 Å². The summed E-state index contributed by atoms with van der Waals surface area (Å²) in [4.78, 5) is 17.4. The number of benzene rings is 2. The summed E-state index contributed by atoms with van der Waals surface area (Å²) in [6.07, 6.45) is 7.03. The van der Waals surface area contributed by atoms with Gasteiger partial charge in [0.05, 0.1) is 12.6 Å². The summed E-state index contributed by atoms with van der Waals surface area (Å²) >= 11 is 0. The van der Waals surface area contributed by atoms with Crippen LogP contribution in [-0.4, -0.2) is 27.1 Å². The highest BCUT2D eigenvalue weighted by molar-refractivity contribution is 5.98. The molecular weight excluding hydrogens is 360 g/mol. The van der Waals surface area contributed by atoms with Gasteiger partial charge in [0.25, 0.3) is 0 Å². The fourth-order valence-electron chi connectivity index (χ4n) is 3.95. The molecule has 1 N–H and O–H groups in total. The summed E-state index contributed by atoms with van der Waals surface area (Å²) in [5.41, 5.74) is 6.31. The van der Waals surface area contributed by atoms with Crippen molar-refractivity contribution in [2.75, 3.05) is 6.54 Å². The summed E-state index contributed by atoms with van der Waals surface area (Å²) in [5, 5.41) is 9.76. The molecule has 0 fully saturated rings. The number of ketones is 1. The Hall–Kier alpha value is -3.31. The lowest BCUT2D eigenvalue weighted by molar-refractivity contribution is 0.0992. The van der Waals surface area contributed by atoms with Crippen LogP contribution in [0.15, 0.2) is 61.1 Å². The Balaban J connectivity index is 1.42. The number of fused-ring (bicyclic) bond motifs is 2. The molecule has 5 nitrogen and oxygen atoms in total. The maximum atomic E-state index is 12.9. The summed E-state index contributed by atoms with van der Waals surface area (Å²) in [7, 11) is 1.91. The second kappa shape index (κ2) is 7.26. The first-order valence-corrected chi connectivity index (χ1v) is 9.89. The third-order valence-corrected chi connectivity index (χ3v) is 5.57. The van der Waals surface area contributed by atoms with Crippen molar-refractivity contribution in [3.05, 3.63) is 83.4 Å². The van der Waals surface area contributed by atoms with Crippen molar-refractivity contribution in [2.24, 2.45) is 7.05 Å². The summed E-state index contributed by atoms with van der Waals surface area (Å²) in [6.45, 7) is 1.84. The number of Topliss-reactive ketones (excluding diaryl/α,β-unsaturated/α-hetero) is 1. The lowest BCUT2D eigenvalue weighted by atomic mass is 9.95. The number of aromatic nitrogens is 3. The molecule has 3 heterocycles. The van der Waals surface area contributed by atoms with E-state index in [4.69, 9.17) is 0 Å². The number of nitrogens with zero attached hydrogens (tertiary/aromatic N) is 3. The van der Waals surface area contributed by atoms with E-state index in [0.717, 1.165) is 52.7 Å². The van der Waals surface area contributed by atoms with Crippen LogP contribution in [0.3, 0.4) is 0 Å². The molecule has 5 rings (SSSR count). The Labute approximate surface area is 169 Å². The smallest absolute Gasteiger partial charge is 0.168 e. The van der Waals surface area contributed by atoms with E-state index in [2.05, 4.69) is 39.7 Å². The Bertz CT molecular complexity index is 1220. The van der Waals surface area contributed by atoms with Crippen molar-refractivity contribution < 1.29 is 4.79 Å². The maximum absolute atomic E-state index is 12.9. The highest BCUT2D eigenvalue weighted by Gasteiger charge is 2.14. The average molecular weight is 382 g/mol. The second-order valence-corrected chi connectivity index (χ2v) is 7.65. The minimum absolute atomic E-state index is 0.105. The van der Waals surface area contributed by atoms with Crippen molar-refractivity contribution in [3.8, 4) is 11.1 Å². The molecule has 0 atom stereocenters. The van der Waals surface area contributed by atoms with Gasteiger partial charge in [0.15, 0.2) is 5.78 Å². The van der Waals surface area contributed by atoms with E-state index in [0.29, 0.717) is 6.42 Å². The minimum atomic E-state index is 0.105. The van der Waals surface area contributed by atoms with Crippen LogP contribution in [0.4, 0.5) is 0 Å². The normalized spacial score (nSPS) is 13.4. The van der Waals surface area contributed by atoms with Gasteiger partial charge in [0.2, 0.25) is 0 Å². The van der Waals surface area contributed by atoms with Gasteiger partial charge < -0.3 is 5.32 Å². The zero-order valence-electron chi connectivity index (χ0n) is 16.4. The van der Waals surface area contributed by atoms with Crippen molar-refractivity contribution in [2.45, 2.75) is 19.4 Å². The molecule has 0 spiro atoms. The maximum Gasteiger partial charge on any atom is 0.168 e. The van der Waals surface area contributed by atoms with Crippen LogP contribution >= 0.6 is 0 Å². The number of nitrogens with one attached hydrogen (secondary N) is 1. The lowest BCUT2D eigenvalue weighted by Gasteiger charge is -2.17. The summed E-state index contributed by atoms with van der Waals surface area (Å²) in [6, 6.07) is 14.4. The first-order chi connectivity index (χ1) is 14.2. The van der Waals surface area contributed by atoms with Gasteiger partial charge in [-0.2, -0.15) is 5.10 Å². The monoisotopic (exact) mass is 382 g/mol. The minimum Gasteiger partial charge on any atom is -0.312 e. The highest BCUT2D eigenvalue weighted by atomic mass is 16.1. The van der Waals surface area contributed by atoms with Crippen LogP contribution < -0.4 is 5.32 Å². The molecule has 2 aromatic carbocycles. The number of pyridine rings is 1. The molecule has 144 valence electrons. The van der Waals surface area contributed by atoms with Crippen LogP contribution in [0.2, 0.25) is 0 Å². The molecule has 29 heavy (non-hydrogen) atoms. The van der Waals surface area contributed by atoms with Crippen molar-refractivity contribution in [1.82, 2.24) is 20.1 Å². The standard InChI is InChI=1S/C24H22N4O/c1-28-15-22(14-27-28)17-3-5-19-13-26-23(10-20(19)8-17)11-24(29)18-4-2-16-6-7-25-12-21(16)9-18/h2-5,8-10,13-15,25H,6-7,11-12H2,1H3. The number of hydrogen-bond donors (Lipinski definition) is 1. The summed E-state index contributed by atoms with van der Waals surface area (Å²) in [5.74, 6) is 0.105. The van der Waals surface area contributed by atoms with Crippen LogP contribution in [-0.2, 0) is 26.4 Å². The van der Waals surface area contributed by atoms with E-state index in [1.54, 1.807) is 4.68 Å². The van der Waals surface area contributed by atoms with Gasteiger partial charge >= 0.3 is 0 Å². The number of hydrogen-bond acceptors (Lipinski definition) is 4. The SMILES string of the molecule is Cn1cc(-c2ccc3cnc(CC(=O)c4ccc5c(c4)CNCC5)cc3c2)cn1. The van der Waals surface area contributed by atoms with E-state index in [1.165, 1.54) is 11.1 Å². The average Bonchev–Trinajstić information content (AvgIpc) is 3.19. The van der Waals surface area contributed by atoms with Crippen LogP contribution in [0.25, 0.3) is 21.9 Å². The molecule has 0 amide bonds. The summed E-state index contributed by atoms with van der Waals surface area (Å²) < 4.78 is 1.80. The van der Waals surface area contributed by atoms with E-state index in [9.17, 15) is 4.79 Å². The number of carbonyl (C=O) groups is 1. The van der Waals surface area contributed by atoms with Gasteiger partial charge in [0.1, 0.15) is 0 Å². The molecule has 2 aromatic heterocycles. The third kappa shape index (κ3) is 3.57. The van der Waals surface area contributed by atoms with Gasteiger partial charge in [-0.1, -0.05) is 24.3 Å². The fourth-order valence-corrected chi connectivity index (χ4v) is 3.95. The van der Waals surface area contributed by atoms with Crippen molar-refractivity contribution in [1.29, 1.82) is 0 Å². The van der Waals surface area contributed by atoms with E-state index < -0.39 is 0 Å². The van der Waals surface area contributed by atoms with Gasteiger partial charge in [-0.25, -0.2) is 0 Å². The van der Waals surface area contributed by atoms with E-state index in [-0.39, 0.29) is 5.78 Å². The largest absolute Gasteiger partial charge is 0.312 e. The van der Waals surface area contributed by atoms with Crippen LogP contribution in [0.5, 0.6) is 0 Å². The number of carbonyl (C=O) groups excluding carboxylic acids is 1. The predicted molar refractivity (Wildman–Crippen MR) is 114 cm³/mol. The predicted octanol–water partition coefficient (Wildman–Crippen LogP) is 3.71. The van der Waals surface area contributed by atoms with E-state index in [1.807, 2.05) is 43.8 Å². The van der Waals surface area contributed by atoms with Crippen LogP contribution in [0.1, 0.15) is 27.2 Å². The first kappa shape index (κ1) is 17.8. The van der Waals surface area contributed by atoms with E-state index >= 15 is 0 Å². The molecule has 5 heteroatoms. The Morgan fingerprint density at radius 3 is 2.83 bits per heavy atom. The topological polar surface area (TPSA) is 59.8 Å². The zero-order chi connectivity index (χ0) is 19.8. The highest BCUT2D eigenvalue weighted by Crippen LogP contribution is 2.25. The fraction of sp³-hybridized carbons (Fsp3) is 0.208. The molecule has 1 aliphatic rings. The molecule has 1 aliphatic heterocycles. The van der Waals surface area contributed by atoms with Crippen molar-refractivity contribution >= 4 is 16.6 Å². The molecule has 0 aliphatic carbocycles. The molecule has 0 bridgehead atoms. The zero-order valence-corrected chi connectivity index (χ0v) is 16.4. The quantitative estimate of drug-likeness (QED) is 0.547. The molecule has 4 aromatic rings. The van der Waals surface area contributed by atoms with Gasteiger partial charge in [-0.05, 0) is 53.2 Å². The first-order valence-electron chi connectivity index (χ1n) is 9.89. The van der Waals surface area contributed by atoms with Gasteiger partial charge in [0, 0.05) is 48.2 Å². The third-order valence-electron chi connectivity index (χ3n) is 5.57. The number of aryl methyl sites for hydroxylation is 1. The molecule has 0 saturated heterocycles. The van der Waals surface area contributed by atoms with Crippen molar-refractivity contribution in [3.63, 3.8) is 0 Å². The molecular formula is C24H22N4O. The Kier molecular flexibility index (Phi) is 4.45. The molecule has 0 radical (unpaired) electrons. The second-order valence-electron chi connectivity index (χ2n) is 7.65. The number of rotatable bonds is 4. The van der Waals surface area contributed by atoms with Crippen LogP contribution in [0, 0.1) is 0 Å². The molecule has 0 saturated carbocycles. The van der Waals surface area contributed by atoms with Gasteiger partial charge in [-0.15, -0.1) is 0 Å². The Morgan fingerprint density at radius 2 is 1.97 bits per heavy atom. The Morgan fingerprint density at radius 1 is 1.03 bits per heavy atom.